The molecule has 0 heterocycles. The first-order valence-corrected chi connectivity index (χ1v) is 9.98. The highest BCUT2D eigenvalue weighted by molar-refractivity contribution is 6.21. The maximum atomic E-state index is 6.32. The molecule has 0 saturated heterocycles. The molecule has 0 aromatic carbocycles. The second-order valence-corrected chi connectivity index (χ2v) is 7.37. The Hall–Kier alpha value is 0.580. The molecule has 0 nitrogen and oxygen atoms in total. The molecule has 0 aliphatic heterocycles. The predicted octanol–water partition coefficient (Wildman–Crippen LogP) is 7.17. The Morgan fingerprint density at radius 1 is 0.800 bits per heavy atom. The molecule has 2 heteroatoms. The zero-order valence-electron chi connectivity index (χ0n) is 13.4. The molecule has 0 radical (unpaired) electrons. The van der Waals surface area contributed by atoms with Crippen molar-refractivity contribution >= 4 is 23.2 Å². The number of unbranched alkanes of at least 4 members (excludes halogenated alkanes) is 7. The fraction of sp³-hybridized carbons (Fsp3) is 1.00. The van der Waals surface area contributed by atoms with Crippen molar-refractivity contribution in [3.05, 3.63) is 0 Å². The van der Waals surface area contributed by atoms with Crippen LogP contribution in [0.2, 0.25) is 0 Å². The third-order valence-electron chi connectivity index (χ3n) is 5.28. The SMILES string of the molecule is CCCCCCCCCCC(CCl)(CCl)C1CCCC1. The van der Waals surface area contributed by atoms with Gasteiger partial charge >= 0.3 is 0 Å². The van der Waals surface area contributed by atoms with E-state index >= 15 is 0 Å². The van der Waals surface area contributed by atoms with E-state index in [1.54, 1.807) is 0 Å². The molecule has 20 heavy (non-hydrogen) atoms. The highest BCUT2D eigenvalue weighted by atomic mass is 35.5. The topological polar surface area (TPSA) is 0 Å². The van der Waals surface area contributed by atoms with Gasteiger partial charge in [0, 0.05) is 17.2 Å². The minimum atomic E-state index is 0.238. The summed E-state index contributed by atoms with van der Waals surface area (Å²) in [4.78, 5) is 0. The first-order chi connectivity index (χ1) is 9.79. The van der Waals surface area contributed by atoms with Crippen LogP contribution in [0.3, 0.4) is 0 Å². The molecule has 0 unspecified atom stereocenters. The Balaban J connectivity index is 2.16. The van der Waals surface area contributed by atoms with Crippen molar-refractivity contribution in [2.75, 3.05) is 11.8 Å². The molecular formula is C18H34Cl2. The molecule has 0 spiro atoms. The molecule has 1 fully saturated rings. The summed E-state index contributed by atoms with van der Waals surface area (Å²) < 4.78 is 0. The van der Waals surface area contributed by atoms with Crippen molar-refractivity contribution in [1.82, 2.24) is 0 Å². The van der Waals surface area contributed by atoms with E-state index < -0.39 is 0 Å². The molecule has 120 valence electrons. The number of halogens is 2. The van der Waals surface area contributed by atoms with Crippen LogP contribution >= 0.6 is 23.2 Å². The zero-order chi connectivity index (χ0) is 14.7. The molecule has 1 rings (SSSR count). The standard InChI is InChI=1S/C18H34Cl2/c1-2-3-4-5-6-7-8-11-14-18(15-19,16-20)17-12-9-10-13-17/h17H,2-16H2,1H3. The van der Waals surface area contributed by atoms with E-state index in [0.717, 1.165) is 17.7 Å². The van der Waals surface area contributed by atoms with Crippen molar-refractivity contribution < 1.29 is 0 Å². The van der Waals surface area contributed by atoms with Gasteiger partial charge in [-0.2, -0.15) is 0 Å². The van der Waals surface area contributed by atoms with Crippen LogP contribution in [0, 0.1) is 11.3 Å². The summed E-state index contributed by atoms with van der Waals surface area (Å²) in [6, 6.07) is 0. The summed E-state index contributed by atoms with van der Waals surface area (Å²) in [6.45, 7) is 2.28. The highest BCUT2D eigenvalue weighted by Crippen LogP contribution is 2.45. The van der Waals surface area contributed by atoms with Crippen LogP contribution in [-0.4, -0.2) is 11.8 Å². The summed E-state index contributed by atoms with van der Waals surface area (Å²) >= 11 is 12.6. The van der Waals surface area contributed by atoms with Crippen LogP contribution in [0.5, 0.6) is 0 Å². The van der Waals surface area contributed by atoms with Crippen LogP contribution < -0.4 is 0 Å². The van der Waals surface area contributed by atoms with Crippen molar-refractivity contribution in [2.45, 2.75) is 90.4 Å². The fourth-order valence-corrected chi connectivity index (χ4v) is 4.73. The second-order valence-electron chi connectivity index (χ2n) is 6.84. The van der Waals surface area contributed by atoms with Gasteiger partial charge in [0.15, 0.2) is 0 Å². The fourth-order valence-electron chi connectivity index (χ4n) is 3.74. The minimum Gasteiger partial charge on any atom is -0.126 e. The van der Waals surface area contributed by atoms with E-state index in [4.69, 9.17) is 23.2 Å². The third-order valence-corrected chi connectivity index (χ3v) is 6.35. The first-order valence-electron chi connectivity index (χ1n) is 8.91. The number of alkyl halides is 2. The Bertz CT molecular complexity index is 217. The third kappa shape index (κ3) is 6.14. The van der Waals surface area contributed by atoms with Gasteiger partial charge in [-0.25, -0.2) is 0 Å². The van der Waals surface area contributed by atoms with Crippen LogP contribution in [0.15, 0.2) is 0 Å². The summed E-state index contributed by atoms with van der Waals surface area (Å²) in [5, 5.41) is 0. The first kappa shape index (κ1) is 18.6. The Morgan fingerprint density at radius 2 is 1.30 bits per heavy atom. The molecule has 0 bridgehead atoms. The van der Waals surface area contributed by atoms with Crippen molar-refractivity contribution in [3.8, 4) is 0 Å². The van der Waals surface area contributed by atoms with Gasteiger partial charge in [0.1, 0.15) is 0 Å². The van der Waals surface area contributed by atoms with E-state index in [1.807, 2.05) is 0 Å². The molecule has 0 atom stereocenters. The minimum absolute atomic E-state index is 0.238. The Labute approximate surface area is 137 Å². The van der Waals surface area contributed by atoms with Gasteiger partial charge in [0.2, 0.25) is 0 Å². The van der Waals surface area contributed by atoms with Gasteiger partial charge in [0.05, 0.1) is 0 Å². The zero-order valence-corrected chi connectivity index (χ0v) is 15.0. The molecule has 0 aromatic heterocycles. The summed E-state index contributed by atoms with van der Waals surface area (Å²) in [6.07, 6.45) is 17.8. The molecule has 1 saturated carbocycles. The van der Waals surface area contributed by atoms with Crippen molar-refractivity contribution in [2.24, 2.45) is 11.3 Å². The maximum Gasteiger partial charge on any atom is 0.0294 e. The van der Waals surface area contributed by atoms with E-state index in [1.165, 1.54) is 83.5 Å². The lowest BCUT2D eigenvalue weighted by Gasteiger charge is -2.36. The smallest absolute Gasteiger partial charge is 0.0294 e. The van der Waals surface area contributed by atoms with Gasteiger partial charge in [-0.3, -0.25) is 0 Å². The van der Waals surface area contributed by atoms with Crippen LogP contribution in [0.25, 0.3) is 0 Å². The largest absolute Gasteiger partial charge is 0.126 e. The van der Waals surface area contributed by atoms with E-state index in [2.05, 4.69) is 6.92 Å². The quantitative estimate of drug-likeness (QED) is 0.264. The molecule has 0 N–H and O–H groups in total. The van der Waals surface area contributed by atoms with Gasteiger partial charge in [-0.1, -0.05) is 71.1 Å². The molecule has 1 aliphatic carbocycles. The second kappa shape index (κ2) is 11.2. The predicted molar refractivity (Wildman–Crippen MR) is 93.1 cm³/mol. The maximum absolute atomic E-state index is 6.32. The highest BCUT2D eigenvalue weighted by Gasteiger charge is 2.38. The summed E-state index contributed by atoms with van der Waals surface area (Å²) in [7, 11) is 0. The molecule has 1 aliphatic rings. The van der Waals surface area contributed by atoms with Gasteiger partial charge < -0.3 is 0 Å². The lowest BCUT2D eigenvalue weighted by molar-refractivity contribution is 0.201. The van der Waals surface area contributed by atoms with E-state index in [-0.39, 0.29) is 5.41 Å². The lowest BCUT2D eigenvalue weighted by atomic mass is 9.73. The average molecular weight is 321 g/mol. The lowest BCUT2D eigenvalue weighted by Crippen LogP contribution is -2.33. The van der Waals surface area contributed by atoms with Crippen LogP contribution in [-0.2, 0) is 0 Å². The summed E-state index contributed by atoms with van der Waals surface area (Å²) in [5.74, 6) is 2.32. The van der Waals surface area contributed by atoms with Gasteiger partial charge in [0.25, 0.3) is 0 Å². The van der Waals surface area contributed by atoms with Crippen molar-refractivity contribution in [1.29, 1.82) is 0 Å². The van der Waals surface area contributed by atoms with Gasteiger partial charge in [-0.15, -0.1) is 23.2 Å². The van der Waals surface area contributed by atoms with E-state index in [9.17, 15) is 0 Å². The monoisotopic (exact) mass is 320 g/mol. The molecular weight excluding hydrogens is 287 g/mol. The Kier molecular flexibility index (Phi) is 10.4. The molecule has 0 amide bonds. The molecule has 0 aromatic rings. The summed E-state index contributed by atoms with van der Waals surface area (Å²) in [5.41, 5.74) is 0.238. The van der Waals surface area contributed by atoms with Crippen LogP contribution in [0.4, 0.5) is 0 Å². The normalized spacial score (nSPS) is 16.9. The van der Waals surface area contributed by atoms with Crippen molar-refractivity contribution in [3.63, 3.8) is 0 Å². The van der Waals surface area contributed by atoms with E-state index in [0.29, 0.717) is 0 Å². The Morgan fingerprint density at radius 3 is 1.80 bits per heavy atom. The van der Waals surface area contributed by atoms with Crippen LogP contribution in [0.1, 0.15) is 90.4 Å². The number of hydrogen-bond donors (Lipinski definition) is 0. The number of rotatable bonds is 12. The average Bonchev–Trinajstić information content (AvgIpc) is 3.01. The number of hydrogen-bond acceptors (Lipinski definition) is 0. The van der Waals surface area contributed by atoms with Gasteiger partial charge in [-0.05, 0) is 25.2 Å².